The average molecular weight is 374 g/mol. The minimum absolute atomic E-state index is 0.0267. The van der Waals surface area contributed by atoms with Gasteiger partial charge in [-0.05, 0) is 25.0 Å². The standard InChI is InChI=1S/C17H22N6O2S/c1-12(2)22-26(24,25)10-14-6-4-13(5-7-14)8-18-16-15-9-21-23(3)17(15)20-11-19-16/h4-7,9,11-12,22H,8,10H2,1-3H3,(H,18,19,20). The first-order chi connectivity index (χ1) is 12.3. The van der Waals surface area contributed by atoms with Crippen molar-refractivity contribution in [2.75, 3.05) is 5.32 Å². The summed E-state index contributed by atoms with van der Waals surface area (Å²) in [4.78, 5) is 8.47. The van der Waals surface area contributed by atoms with Gasteiger partial charge in [-0.3, -0.25) is 4.68 Å². The summed E-state index contributed by atoms with van der Waals surface area (Å²) in [7, 11) is -1.48. The largest absolute Gasteiger partial charge is 0.365 e. The summed E-state index contributed by atoms with van der Waals surface area (Å²) in [5.41, 5.74) is 2.54. The van der Waals surface area contributed by atoms with E-state index in [1.807, 2.05) is 31.3 Å². The molecule has 8 nitrogen and oxygen atoms in total. The van der Waals surface area contributed by atoms with Crippen LogP contribution in [0.4, 0.5) is 5.82 Å². The molecule has 2 aromatic heterocycles. The highest BCUT2D eigenvalue weighted by molar-refractivity contribution is 7.88. The molecule has 0 atom stereocenters. The van der Waals surface area contributed by atoms with Crippen LogP contribution in [0.3, 0.4) is 0 Å². The summed E-state index contributed by atoms with van der Waals surface area (Å²) in [6.07, 6.45) is 3.23. The summed E-state index contributed by atoms with van der Waals surface area (Å²) < 4.78 is 28.3. The third-order valence-corrected chi connectivity index (χ3v) is 5.33. The number of sulfonamides is 1. The number of fused-ring (bicyclic) bond motifs is 1. The number of benzene rings is 1. The van der Waals surface area contributed by atoms with Crippen molar-refractivity contribution in [3.05, 3.63) is 47.9 Å². The van der Waals surface area contributed by atoms with E-state index in [4.69, 9.17) is 0 Å². The number of rotatable bonds is 7. The minimum Gasteiger partial charge on any atom is -0.365 e. The molecule has 0 amide bonds. The Morgan fingerprint density at radius 1 is 1.12 bits per heavy atom. The molecule has 1 aromatic carbocycles. The molecule has 0 unspecified atom stereocenters. The second kappa shape index (κ2) is 7.38. The highest BCUT2D eigenvalue weighted by Gasteiger charge is 2.13. The van der Waals surface area contributed by atoms with E-state index in [1.165, 1.54) is 6.33 Å². The lowest BCUT2D eigenvalue weighted by Gasteiger charge is -2.10. The maximum absolute atomic E-state index is 12.0. The molecule has 0 fully saturated rings. The Morgan fingerprint density at radius 2 is 1.81 bits per heavy atom. The topological polar surface area (TPSA) is 102 Å². The Labute approximate surface area is 152 Å². The zero-order valence-corrected chi connectivity index (χ0v) is 15.8. The SMILES string of the molecule is CC(C)NS(=O)(=O)Cc1ccc(CNc2ncnc3c2cnn3C)cc1. The lowest BCUT2D eigenvalue weighted by atomic mass is 10.1. The van der Waals surface area contributed by atoms with E-state index < -0.39 is 10.0 Å². The fourth-order valence-electron chi connectivity index (χ4n) is 2.66. The molecule has 0 spiro atoms. The average Bonchev–Trinajstić information content (AvgIpc) is 2.95. The second-order valence-electron chi connectivity index (χ2n) is 6.43. The van der Waals surface area contributed by atoms with Gasteiger partial charge in [-0.15, -0.1) is 0 Å². The van der Waals surface area contributed by atoms with Crippen LogP contribution in [0.15, 0.2) is 36.8 Å². The van der Waals surface area contributed by atoms with Crippen LogP contribution in [0.2, 0.25) is 0 Å². The van der Waals surface area contributed by atoms with Gasteiger partial charge in [-0.2, -0.15) is 5.10 Å². The van der Waals surface area contributed by atoms with Crippen molar-refractivity contribution in [2.45, 2.75) is 32.2 Å². The van der Waals surface area contributed by atoms with Crippen molar-refractivity contribution in [3.8, 4) is 0 Å². The molecular formula is C17H22N6O2S. The number of anilines is 1. The predicted octanol–water partition coefficient (Wildman–Crippen LogP) is 1.80. The van der Waals surface area contributed by atoms with Crippen LogP contribution in [-0.4, -0.2) is 34.2 Å². The lowest BCUT2D eigenvalue weighted by Crippen LogP contribution is -2.31. The molecule has 0 aliphatic rings. The number of aryl methyl sites for hydroxylation is 1. The molecule has 26 heavy (non-hydrogen) atoms. The molecule has 2 N–H and O–H groups in total. The van der Waals surface area contributed by atoms with Gasteiger partial charge in [0.25, 0.3) is 0 Å². The molecule has 3 rings (SSSR count). The van der Waals surface area contributed by atoms with Crippen molar-refractivity contribution >= 4 is 26.9 Å². The van der Waals surface area contributed by atoms with E-state index in [0.29, 0.717) is 6.54 Å². The van der Waals surface area contributed by atoms with Crippen LogP contribution in [0.25, 0.3) is 11.0 Å². The van der Waals surface area contributed by atoms with E-state index in [9.17, 15) is 8.42 Å². The van der Waals surface area contributed by atoms with E-state index in [-0.39, 0.29) is 11.8 Å². The van der Waals surface area contributed by atoms with Gasteiger partial charge in [0.15, 0.2) is 5.65 Å². The first kappa shape index (κ1) is 18.3. The Morgan fingerprint density at radius 3 is 2.50 bits per heavy atom. The molecule has 9 heteroatoms. The zero-order chi connectivity index (χ0) is 18.7. The first-order valence-electron chi connectivity index (χ1n) is 8.28. The third-order valence-electron chi connectivity index (χ3n) is 3.78. The van der Waals surface area contributed by atoms with E-state index in [2.05, 4.69) is 25.1 Å². The van der Waals surface area contributed by atoms with E-state index >= 15 is 0 Å². The molecule has 0 saturated heterocycles. The van der Waals surface area contributed by atoms with Crippen LogP contribution < -0.4 is 10.0 Å². The van der Waals surface area contributed by atoms with E-state index in [1.54, 1.807) is 24.7 Å². The normalized spacial score (nSPS) is 12.0. The highest BCUT2D eigenvalue weighted by Crippen LogP contribution is 2.18. The maximum Gasteiger partial charge on any atom is 0.216 e. The summed E-state index contributed by atoms with van der Waals surface area (Å²) in [6, 6.07) is 7.37. The molecule has 2 heterocycles. The van der Waals surface area contributed by atoms with Gasteiger partial charge in [0.2, 0.25) is 10.0 Å². The minimum atomic E-state index is -3.32. The van der Waals surface area contributed by atoms with Crippen LogP contribution in [-0.2, 0) is 29.4 Å². The summed E-state index contributed by atoms with van der Waals surface area (Å²) in [5.74, 6) is 0.692. The maximum atomic E-state index is 12.0. The summed E-state index contributed by atoms with van der Waals surface area (Å²) >= 11 is 0. The first-order valence-corrected chi connectivity index (χ1v) is 9.94. The van der Waals surface area contributed by atoms with Crippen molar-refractivity contribution in [1.82, 2.24) is 24.5 Å². The monoisotopic (exact) mass is 374 g/mol. The van der Waals surface area contributed by atoms with Gasteiger partial charge in [0, 0.05) is 19.6 Å². The zero-order valence-electron chi connectivity index (χ0n) is 15.0. The number of aromatic nitrogens is 4. The number of hydrogen-bond acceptors (Lipinski definition) is 6. The molecular weight excluding hydrogens is 352 g/mol. The summed E-state index contributed by atoms with van der Waals surface area (Å²) in [6.45, 7) is 4.18. The molecule has 3 aromatic rings. The van der Waals surface area contributed by atoms with Crippen molar-refractivity contribution in [3.63, 3.8) is 0 Å². The molecule has 0 saturated carbocycles. The Balaban J connectivity index is 1.66. The van der Waals surface area contributed by atoms with Crippen molar-refractivity contribution < 1.29 is 8.42 Å². The fourth-order valence-corrected chi connectivity index (χ4v) is 4.10. The van der Waals surface area contributed by atoms with Crippen molar-refractivity contribution in [1.29, 1.82) is 0 Å². The number of nitrogens with zero attached hydrogens (tertiary/aromatic N) is 4. The van der Waals surface area contributed by atoms with E-state index in [0.717, 1.165) is 28.0 Å². The highest BCUT2D eigenvalue weighted by atomic mass is 32.2. The number of nitrogens with one attached hydrogen (secondary N) is 2. The molecule has 0 aliphatic carbocycles. The van der Waals surface area contributed by atoms with Gasteiger partial charge in [0.1, 0.15) is 12.1 Å². The molecule has 0 aliphatic heterocycles. The quantitative estimate of drug-likeness (QED) is 0.654. The third kappa shape index (κ3) is 4.36. The van der Waals surface area contributed by atoms with Gasteiger partial charge in [-0.25, -0.2) is 23.1 Å². The Bertz CT molecular complexity index is 996. The van der Waals surface area contributed by atoms with Crippen molar-refractivity contribution in [2.24, 2.45) is 7.05 Å². The Hall–Kier alpha value is -2.52. The van der Waals surface area contributed by atoms with Gasteiger partial charge < -0.3 is 5.32 Å². The molecule has 0 radical (unpaired) electrons. The van der Waals surface area contributed by atoms with Crippen LogP contribution >= 0.6 is 0 Å². The van der Waals surface area contributed by atoms with Crippen LogP contribution in [0.5, 0.6) is 0 Å². The second-order valence-corrected chi connectivity index (χ2v) is 8.18. The van der Waals surface area contributed by atoms with Gasteiger partial charge in [0.05, 0.1) is 17.3 Å². The van der Waals surface area contributed by atoms with Gasteiger partial charge in [-0.1, -0.05) is 24.3 Å². The van der Waals surface area contributed by atoms with Crippen LogP contribution in [0, 0.1) is 0 Å². The lowest BCUT2D eigenvalue weighted by molar-refractivity contribution is 0.569. The molecule has 0 bridgehead atoms. The predicted molar refractivity (Wildman–Crippen MR) is 101 cm³/mol. The van der Waals surface area contributed by atoms with Crippen LogP contribution in [0.1, 0.15) is 25.0 Å². The molecule has 138 valence electrons. The Kier molecular flexibility index (Phi) is 5.19. The summed E-state index contributed by atoms with van der Waals surface area (Å²) in [5, 5.41) is 8.32. The number of hydrogen-bond donors (Lipinski definition) is 2. The smallest absolute Gasteiger partial charge is 0.216 e. The van der Waals surface area contributed by atoms with Gasteiger partial charge >= 0.3 is 0 Å². The fraction of sp³-hybridized carbons (Fsp3) is 0.353.